The Morgan fingerprint density at radius 2 is 1.91 bits per heavy atom. The van der Waals surface area contributed by atoms with Gasteiger partial charge in [-0.15, -0.1) is 0 Å². The van der Waals surface area contributed by atoms with Crippen LogP contribution in [0.15, 0.2) is 46.9 Å². The van der Waals surface area contributed by atoms with E-state index in [0.29, 0.717) is 23.4 Å². The topological polar surface area (TPSA) is 58.2 Å². The third-order valence-electron chi connectivity index (χ3n) is 2.89. The lowest BCUT2D eigenvalue weighted by Gasteiger charge is -2.09. The van der Waals surface area contributed by atoms with E-state index in [1.54, 1.807) is 30.3 Å². The van der Waals surface area contributed by atoms with Crippen LogP contribution in [0.3, 0.4) is 0 Å². The Labute approximate surface area is 151 Å². The van der Waals surface area contributed by atoms with Crippen molar-refractivity contribution in [2.75, 3.05) is 11.9 Å². The number of carbonyl (C=O) groups is 2. The summed E-state index contributed by atoms with van der Waals surface area (Å²) in [6.07, 6.45) is 0. The number of carbonyl (C=O) groups excluding carboxylic acids is 2. The Morgan fingerprint density at radius 1 is 1.14 bits per heavy atom. The molecular formula is C16H14BrIN2O2. The van der Waals surface area contributed by atoms with Gasteiger partial charge in [0.1, 0.15) is 0 Å². The number of halogens is 2. The highest BCUT2D eigenvalue weighted by Gasteiger charge is 2.12. The number of hydrogen-bond acceptors (Lipinski definition) is 2. The van der Waals surface area contributed by atoms with Gasteiger partial charge in [0.15, 0.2) is 0 Å². The minimum atomic E-state index is -0.209. The van der Waals surface area contributed by atoms with Gasteiger partial charge in [0.2, 0.25) is 0 Å². The van der Waals surface area contributed by atoms with Crippen molar-refractivity contribution in [1.29, 1.82) is 0 Å². The summed E-state index contributed by atoms with van der Waals surface area (Å²) in [6, 6.07) is 12.4. The Balaban J connectivity index is 2.20. The van der Waals surface area contributed by atoms with Crippen LogP contribution >= 0.6 is 38.5 Å². The maximum absolute atomic E-state index is 12.4. The molecule has 0 saturated carbocycles. The molecule has 0 heterocycles. The molecular weight excluding hydrogens is 459 g/mol. The first-order valence-corrected chi connectivity index (χ1v) is 8.53. The number of nitrogens with one attached hydrogen (secondary N) is 2. The Bertz CT molecular complexity index is 719. The van der Waals surface area contributed by atoms with E-state index in [2.05, 4.69) is 49.2 Å². The van der Waals surface area contributed by atoms with Crippen LogP contribution in [0.1, 0.15) is 27.6 Å². The predicted molar refractivity (Wildman–Crippen MR) is 99.3 cm³/mol. The van der Waals surface area contributed by atoms with Gasteiger partial charge in [0, 0.05) is 25.8 Å². The largest absolute Gasteiger partial charge is 0.352 e. The molecule has 22 heavy (non-hydrogen) atoms. The summed E-state index contributed by atoms with van der Waals surface area (Å²) in [5.74, 6) is -0.366. The maximum atomic E-state index is 12.4. The molecule has 0 aliphatic heterocycles. The average Bonchev–Trinajstić information content (AvgIpc) is 2.50. The van der Waals surface area contributed by atoms with Gasteiger partial charge in [-0.05, 0) is 65.9 Å². The predicted octanol–water partition coefficient (Wildman–Crippen LogP) is 4.06. The van der Waals surface area contributed by atoms with Crippen LogP contribution in [0.2, 0.25) is 0 Å². The van der Waals surface area contributed by atoms with Crippen LogP contribution < -0.4 is 10.6 Å². The van der Waals surface area contributed by atoms with Gasteiger partial charge in [-0.25, -0.2) is 0 Å². The SMILES string of the molecule is CCNC(=O)c1cccc(NC(=O)c2cc(Br)ccc2I)c1. The van der Waals surface area contributed by atoms with Crippen molar-refractivity contribution in [2.24, 2.45) is 0 Å². The van der Waals surface area contributed by atoms with E-state index in [4.69, 9.17) is 0 Å². The second-order valence-electron chi connectivity index (χ2n) is 4.52. The monoisotopic (exact) mass is 472 g/mol. The van der Waals surface area contributed by atoms with E-state index in [9.17, 15) is 9.59 Å². The molecule has 0 spiro atoms. The molecule has 2 amide bonds. The zero-order valence-corrected chi connectivity index (χ0v) is 15.6. The van der Waals surface area contributed by atoms with Crippen LogP contribution in [0.25, 0.3) is 0 Å². The van der Waals surface area contributed by atoms with Gasteiger partial charge in [0.05, 0.1) is 5.56 Å². The highest BCUT2D eigenvalue weighted by atomic mass is 127. The van der Waals surface area contributed by atoms with E-state index in [-0.39, 0.29) is 11.8 Å². The summed E-state index contributed by atoms with van der Waals surface area (Å²) >= 11 is 5.48. The molecule has 2 N–H and O–H groups in total. The van der Waals surface area contributed by atoms with Crippen molar-refractivity contribution < 1.29 is 9.59 Å². The molecule has 0 atom stereocenters. The van der Waals surface area contributed by atoms with E-state index >= 15 is 0 Å². The van der Waals surface area contributed by atoms with Gasteiger partial charge >= 0.3 is 0 Å². The first-order chi connectivity index (χ1) is 10.5. The molecule has 2 rings (SSSR count). The highest BCUT2D eigenvalue weighted by molar-refractivity contribution is 14.1. The quantitative estimate of drug-likeness (QED) is 0.659. The van der Waals surface area contributed by atoms with Crippen LogP contribution in [-0.2, 0) is 0 Å². The van der Waals surface area contributed by atoms with Gasteiger partial charge < -0.3 is 10.6 Å². The fourth-order valence-electron chi connectivity index (χ4n) is 1.87. The third kappa shape index (κ3) is 4.30. The smallest absolute Gasteiger partial charge is 0.256 e. The molecule has 0 aliphatic carbocycles. The summed E-state index contributed by atoms with van der Waals surface area (Å²) in [6.45, 7) is 2.42. The normalized spacial score (nSPS) is 10.1. The number of rotatable bonds is 4. The molecule has 0 aromatic heterocycles. The Morgan fingerprint density at radius 3 is 2.64 bits per heavy atom. The summed E-state index contributed by atoms with van der Waals surface area (Å²) in [4.78, 5) is 24.2. The maximum Gasteiger partial charge on any atom is 0.256 e. The molecule has 0 saturated heterocycles. The summed E-state index contributed by atoms with van der Waals surface area (Å²) in [7, 11) is 0. The van der Waals surface area contributed by atoms with Crippen molar-refractivity contribution in [2.45, 2.75) is 6.92 Å². The zero-order valence-electron chi connectivity index (χ0n) is 11.8. The van der Waals surface area contributed by atoms with Crippen molar-refractivity contribution >= 4 is 56.0 Å². The second-order valence-corrected chi connectivity index (χ2v) is 6.60. The fourth-order valence-corrected chi connectivity index (χ4v) is 2.81. The summed E-state index contributed by atoms with van der Waals surface area (Å²) in [5, 5.41) is 5.55. The van der Waals surface area contributed by atoms with Gasteiger partial charge in [-0.3, -0.25) is 9.59 Å². The summed E-state index contributed by atoms with van der Waals surface area (Å²) < 4.78 is 1.70. The first kappa shape index (κ1) is 17.0. The zero-order chi connectivity index (χ0) is 16.1. The van der Waals surface area contributed by atoms with E-state index in [0.717, 1.165) is 8.04 Å². The minimum absolute atomic E-state index is 0.157. The molecule has 4 nitrogen and oxygen atoms in total. The van der Waals surface area contributed by atoms with Crippen LogP contribution in [-0.4, -0.2) is 18.4 Å². The number of benzene rings is 2. The highest BCUT2D eigenvalue weighted by Crippen LogP contribution is 2.20. The van der Waals surface area contributed by atoms with Crippen molar-refractivity contribution in [3.63, 3.8) is 0 Å². The summed E-state index contributed by atoms with van der Waals surface area (Å²) in [5.41, 5.74) is 1.69. The van der Waals surface area contributed by atoms with E-state index in [1.165, 1.54) is 0 Å². The molecule has 2 aromatic carbocycles. The van der Waals surface area contributed by atoms with Crippen LogP contribution in [0, 0.1) is 3.57 Å². The lowest BCUT2D eigenvalue weighted by Crippen LogP contribution is -2.22. The fraction of sp³-hybridized carbons (Fsp3) is 0.125. The van der Waals surface area contributed by atoms with Crippen molar-refractivity contribution in [1.82, 2.24) is 5.32 Å². The Hall–Kier alpha value is -1.41. The molecule has 2 aromatic rings. The molecule has 6 heteroatoms. The molecule has 0 aliphatic rings. The third-order valence-corrected chi connectivity index (χ3v) is 4.33. The molecule has 0 bridgehead atoms. The number of anilines is 1. The molecule has 0 radical (unpaired) electrons. The van der Waals surface area contributed by atoms with Gasteiger partial charge in [0.25, 0.3) is 11.8 Å². The van der Waals surface area contributed by atoms with Crippen LogP contribution in [0.4, 0.5) is 5.69 Å². The first-order valence-electron chi connectivity index (χ1n) is 6.66. The van der Waals surface area contributed by atoms with E-state index < -0.39 is 0 Å². The van der Waals surface area contributed by atoms with Crippen molar-refractivity contribution in [3.8, 4) is 0 Å². The molecule has 0 unspecified atom stereocenters. The second kappa shape index (κ2) is 7.73. The molecule has 114 valence electrons. The minimum Gasteiger partial charge on any atom is -0.352 e. The number of amides is 2. The average molecular weight is 473 g/mol. The standard InChI is InChI=1S/C16H14BrIN2O2/c1-2-19-15(21)10-4-3-5-12(8-10)20-16(22)13-9-11(17)6-7-14(13)18/h3-9H,2H2,1H3,(H,19,21)(H,20,22). The lowest BCUT2D eigenvalue weighted by molar-refractivity contribution is 0.0954. The Kier molecular flexibility index (Phi) is 5.96. The van der Waals surface area contributed by atoms with Crippen LogP contribution in [0.5, 0.6) is 0 Å². The van der Waals surface area contributed by atoms with Gasteiger partial charge in [-0.1, -0.05) is 22.0 Å². The van der Waals surface area contributed by atoms with E-state index in [1.807, 2.05) is 19.1 Å². The number of hydrogen-bond donors (Lipinski definition) is 2. The molecule has 0 fully saturated rings. The van der Waals surface area contributed by atoms with Gasteiger partial charge in [-0.2, -0.15) is 0 Å². The lowest BCUT2D eigenvalue weighted by atomic mass is 10.1. The van der Waals surface area contributed by atoms with Crippen molar-refractivity contribution in [3.05, 3.63) is 61.6 Å².